The number of hydrogen-bond acceptors (Lipinski definition) is 3. The molecule has 5 heteroatoms. The molecule has 0 unspecified atom stereocenters. The minimum atomic E-state index is -0.247. The highest BCUT2D eigenvalue weighted by atomic mass is 19.1. The fraction of sp³-hybridized carbons (Fsp3) is 0.200. The van der Waals surface area contributed by atoms with Gasteiger partial charge < -0.3 is 4.74 Å². The summed E-state index contributed by atoms with van der Waals surface area (Å²) < 4.78 is 21.0. The lowest BCUT2D eigenvalue weighted by molar-refractivity contribution is 0.415. The topological polar surface area (TPSA) is 39.4 Å². The smallest absolute Gasteiger partial charge is 0.145 e. The molecule has 4 rings (SSSR count). The Morgan fingerprint density at radius 1 is 0.960 bits per heavy atom. The van der Waals surface area contributed by atoms with Crippen LogP contribution in [0, 0.1) is 26.6 Å². The highest BCUT2D eigenvalue weighted by Crippen LogP contribution is 2.31. The van der Waals surface area contributed by atoms with E-state index in [1.54, 1.807) is 13.2 Å². The Kier molecular flexibility index (Phi) is 3.46. The van der Waals surface area contributed by atoms with Gasteiger partial charge in [0.2, 0.25) is 0 Å². The normalized spacial score (nSPS) is 11.4. The Bertz CT molecular complexity index is 1130. The van der Waals surface area contributed by atoms with Crippen molar-refractivity contribution in [1.29, 1.82) is 0 Å². The summed E-state index contributed by atoms with van der Waals surface area (Å²) in [6.45, 7) is 5.85. The van der Waals surface area contributed by atoms with Crippen molar-refractivity contribution in [3.8, 4) is 17.1 Å². The number of fused-ring (bicyclic) bond motifs is 3. The van der Waals surface area contributed by atoms with Crippen molar-refractivity contribution in [2.24, 2.45) is 0 Å². The first kappa shape index (κ1) is 15.6. The van der Waals surface area contributed by atoms with Gasteiger partial charge in [-0.1, -0.05) is 0 Å². The van der Waals surface area contributed by atoms with Gasteiger partial charge in [0, 0.05) is 11.6 Å². The SMILES string of the molecule is COc1ccc2nc(C)c3c(C)nc(-c4ccc(F)cc4C)n3c2c1. The molecule has 0 bridgehead atoms. The van der Waals surface area contributed by atoms with Crippen LogP contribution in [0.2, 0.25) is 0 Å². The predicted molar refractivity (Wildman–Crippen MR) is 96.7 cm³/mol. The van der Waals surface area contributed by atoms with E-state index in [-0.39, 0.29) is 5.82 Å². The maximum Gasteiger partial charge on any atom is 0.145 e. The number of imidazole rings is 1. The summed E-state index contributed by atoms with van der Waals surface area (Å²) in [5.74, 6) is 1.30. The molecule has 0 aliphatic carbocycles. The van der Waals surface area contributed by atoms with Crippen LogP contribution in [0.1, 0.15) is 17.0 Å². The van der Waals surface area contributed by atoms with Crippen LogP contribution >= 0.6 is 0 Å². The predicted octanol–water partition coefficient (Wildman–Crippen LogP) is 4.62. The first-order valence-electron chi connectivity index (χ1n) is 8.09. The van der Waals surface area contributed by atoms with E-state index in [2.05, 4.69) is 4.40 Å². The molecule has 0 amide bonds. The van der Waals surface area contributed by atoms with Crippen molar-refractivity contribution in [3.63, 3.8) is 0 Å². The summed E-state index contributed by atoms with van der Waals surface area (Å²) in [6, 6.07) is 10.6. The van der Waals surface area contributed by atoms with Gasteiger partial charge in [-0.05, 0) is 56.7 Å². The van der Waals surface area contributed by atoms with Crippen molar-refractivity contribution >= 4 is 16.6 Å². The Hall–Kier alpha value is -2.95. The monoisotopic (exact) mass is 335 g/mol. The van der Waals surface area contributed by atoms with E-state index < -0.39 is 0 Å². The summed E-state index contributed by atoms with van der Waals surface area (Å²) in [7, 11) is 1.64. The van der Waals surface area contributed by atoms with Gasteiger partial charge in [-0.15, -0.1) is 0 Å². The Balaban J connectivity index is 2.18. The van der Waals surface area contributed by atoms with Gasteiger partial charge in [-0.3, -0.25) is 4.40 Å². The van der Waals surface area contributed by atoms with E-state index in [1.165, 1.54) is 12.1 Å². The molecule has 25 heavy (non-hydrogen) atoms. The lowest BCUT2D eigenvalue weighted by Gasteiger charge is -2.11. The van der Waals surface area contributed by atoms with Crippen molar-refractivity contribution < 1.29 is 9.13 Å². The number of rotatable bonds is 2. The minimum Gasteiger partial charge on any atom is -0.497 e. The fourth-order valence-corrected chi connectivity index (χ4v) is 3.38. The Labute approximate surface area is 144 Å². The van der Waals surface area contributed by atoms with Crippen LogP contribution in [0.15, 0.2) is 36.4 Å². The summed E-state index contributed by atoms with van der Waals surface area (Å²) in [4.78, 5) is 9.48. The van der Waals surface area contributed by atoms with Gasteiger partial charge in [0.15, 0.2) is 0 Å². The summed E-state index contributed by atoms with van der Waals surface area (Å²) in [5, 5.41) is 0. The summed E-state index contributed by atoms with van der Waals surface area (Å²) >= 11 is 0. The lowest BCUT2D eigenvalue weighted by Crippen LogP contribution is -1.99. The number of methoxy groups -OCH3 is 1. The quantitative estimate of drug-likeness (QED) is 0.536. The van der Waals surface area contributed by atoms with Crippen LogP contribution in [0.5, 0.6) is 5.75 Å². The van der Waals surface area contributed by atoms with Crippen LogP contribution in [-0.2, 0) is 0 Å². The number of ether oxygens (including phenoxy) is 1. The van der Waals surface area contributed by atoms with Crippen molar-refractivity contribution in [1.82, 2.24) is 14.4 Å². The van der Waals surface area contributed by atoms with Crippen molar-refractivity contribution in [2.75, 3.05) is 7.11 Å². The van der Waals surface area contributed by atoms with E-state index in [0.717, 1.165) is 50.6 Å². The van der Waals surface area contributed by atoms with E-state index in [9.17, 15) is 4.39 Å². The number of nitrogens with zero attached hydrogens (tertiary/aromatic N) is 3. The average molecular weight is 335 g/mol. The first-order chi connectivity index (χ1) is 12.0. The zero-order chi connectivity index (χ0) is 17.7. The second-order valence-corrected chi connectivity index (χ2v) is 6.22. The molecule has 0 aliphatic rings. The number of hydrogen-bond donors (Lipinski definition) is 0. The molecule has 0 atom stereocenters. The third-order valence-corrected chi connectivity index (χ3v) is 4.54. The van der Waals surface area contributed by atoms with Gasteiger partial charge >= 0.3 is 0 Å². The van der Waals surface area contributed by atoms with E-state index >= 15 is 0 Å². The van der Waals surface area contributed by atoms with Crippen LogP contribution in [0.4, 0.5) is 4.39 Å². The first-order valence-corrected chi connectivity index (χ1v) is 8.09. The maximum atomic E-state index is 13.5. The molecule has 0 fully saturated rings. The van der Waals surface area contributed by atoms with Crippen molar-refractivity contribution in [3.05, 3.63) is 59.2 Å². The highest BCUT2D eigenvalue weighted by molar-refractivity contribution is 5.85. The zero-order valence-corrected chi connectivity index (χ0v) is 14.6. The highest BCUT2D eigenvalue weighted by Gasteiger charge is 2.18. The summed E-state index contributed by atoms with van der Waals surface area (Å²) in [6.07, 6.45) is 0. The largest absolute Gasteiger partial charge is 0.497 e. The van der Waals surface area contributed by atoms with Gasteiger partial charge in [0.25, 0.3) is 0 Å². The molecular formula is C20H18FN3O. The van der Waals surface area contributed by atoms with Gasteiger partial charge in [-0.25, -0.2) is 14.4 Å². The van der Waals surface area contributed by atoms with Crippen LogP contribution in [0.25, 0.3) is 27.9 Å². The molecule has 126 valence electrons. The third kappa shape index (κ3) is 2.35. The molecule has 0 spiro atoms. The number of aromatic nitrogens is 3. The van der Waals surface area contributed by atoms with Gasteiger partial charge in [0.05, 0.1) is 35.0 Å². The zero-order valence-electron chi connectivity index (χ0n) is 14.6. The number of halogens is 1. The van der Waals surface area contributed by atoms with Gasteiger partial charge in [-0.2, -0.15) is 0 Å². The minimum absolute atomic E-state index is 0.247. The van der Waals surface area contributed by atoms with Gasteiger partial charge in [0.1, 0.15) is 17.4 Å². The Morgan fingerprint density at radius 2 is 1.72 bits per heavy atom. The molecule has 2 heterocycles. The average Bonchev–Trinajstić information content (AvgIpc) is 2.93. The summed E-state index contributed by atoms with van der Waals surface area (Å²) in [5.41, 5.74) is 6.31. The van der Waals surface area contributed by atoms with Crippen LogP contribution in [0.3, 0.4) is 0 Å². The molecule has 4 nitrogen and oxygen atoms in total. The number of aryl methyl sites for hydroxylation is 3. The molecule has 2 aromatic carbocycles. The Morgan fingerprint density at radius 3 is 2.44 bits per heavy atom. The van der Waals surface area contributed by atoms with E-state index in [1.807, 2.05) is 39.0 Å². The standard InChI is InChI=1S/C20H18FN3O/c1-11-9-14(21)5-7-16(11)20-23-13(3)19-12(2)22-17-8-6-15(25-4)10-18(17)24(19)20/h5-10H,1-4H3. The molecule has 0 N–H and O–H groups in total. The second kappa shape index (κ2) is 5.55. The fourth-order valence-electron chi connectivity index (χ4n) is 3.38. The molecule has 0 saturated heterocycles. The van der Waals surface area contributed by atoms with E-state index in [0.29, 0.717) is 0 Å². The lowest BCUT2D eigenvalue weighted by atomic mass is 10.1. The molecule has 0 aliphatic heterocycles. The molecular weight excluding hydrogens is 317 g/mol. The van der Waals surface area contributed by atoms with E-state index in [4.69, 9.17) is 14.7 Å². The number of benzene rings is 2. The molecule has 0 saturated carbocycles. The molecule has 4 aromatic rings. The molecule has 0 radical (unpaired) electrons. The molecule has 2 aromatic heterocycles. The van der Waals surface area contributed by atoms with Crippen LogP contribution < -0.4 is 4.74 Å². The van der Waals surface area contributed by atoms with Crippen LogP contribution in [-0.4, -0.2) is 21.5 Å². The second-order valence-electron chi connectivity index (χ2n) is 6.22. The van der Waals surface area contributed by atoms with Crippen molar-refractivity contribution in [2.45, 2.75) is 20.8 Å². The maximum absolute atomic E-state index is 13.5. The third-order valence-electron chi connectivity index (χ3n) is 4.54.